The van der Waals surface area contributed by atoms with Crippen LogP contribution in [0.2, 0.25) is 0 Å². The molecule has 4 unspecified atom stereocenters. The third-order valence-electron chi connectivity index (χ3n) is 7.43. The lowest BCUT2D eigenvalue weighted by Gasteiger charge is -2.53. The highest BCUT2D eigenvalue weighted by atomic mass is 16.7. The maximum absolute atomic E-state index is 12.3. The van der Waals surface area contributed by atoms with Crippen molar-refractivity contribution < 1.29 is 24.1 Å². The summed E-state index contributed by atoms with van der Waals surface area (Å²) >= 11 is 0. The molecule has 0 radical (unpaired) electrons. The van der Waals surface area contributed by atoms with Gasteiger partial charge in [-0.1, -0.05) is 6.92 Å². The van der Waals surface area contributed by atoms with Gasteiger partial charge in [0.15, 0.2) is 11.6 Å². The molecular formula is C20H32O5. The molecule has 0 spiro atoms. The monoisotopic (exact) mass is 352 g/mol. The Morgan fingerprint density at radius 2 is 1.84 bits per heavy atom. The van der Waals surface area contributed by atoms with E-state index in [0.29, 0.717) is 37.8 Å². The zero-order valence-corrected chi connectivity index (χ0v) is 15.6. The number of hydrogen-bond acceptors (Lipinski definition) is 5. The number of carbonyl (C=O) groups excluding carboxylic acids is 1. The summed E-state index contributed by atoms with van der Waals surface area (Å²) < 4.78 is 17.5. The minimum atomic E-state index is -1.03. The Hall–Kier alpha value is -0.490. The molecule has 25 heavy (non-hydrogen) atoms. The van der Waals surface area contributed by atoms with Crippen LogP contribution in [0.15, 0.2) is 0 Å². The number of rotatable bonds is 4. The maximum atomic E-state index is 12.3. The van der Waals surface area contributed by atoms with Crippen molar-refractivity contribution in [3.8, 4) is 0 Å². The molecule has 4 fully saturated rings. The van der Waals surface area contributed by atoms with Crippen LogP contribution < -0.4 is 0 Å². The van der Waals surface area contributed by atoms with Crippen molar-refractivity contribution in [3.05, 3.63) is 0 Å². The second-order valence-electron chi connectivity index (χ2n) is 8.98. The largest absolute Gasteiger partial charge is 0.365 e. The quantitative estimate of drug-likeness (QED) is 0.842. The van der Waals surface area contributed by atoms with Crippen molar-refractivity contribution in [1.29, 1.82) is 0 Å². The van der Waals surface area contributed by atoms with Gasteiger partial charge in [0.25, 0.3) is 0 Å². The lowest BCUT2D eigenvalue weighted by atomic mass is 9.59. The van der Waals surface area contributed by atoms with Gasteiger partial charge < -0.3 is 19.3 Å². The van der Waals surface area contributed by atoms with E-state index in [0.717, 1.165) is 44.9 Å². The number of ether oxygens (including phenoxy) is 3. The molecule has 5 nitrogen and oxygen atoms in total. The van der Waals surface area contributed by atoms with Crippen LogP contribution in [0.1, 0.15) is 71.6 Å². The molecule has 5 atom stereocenters. The molecule has 2 aliphatic carbocycles. The molecule has 0 aromatic carbocycles. The summed E-state index contributed by atoms with van der Waals surface area (Å²) in [6, 6.07) is 0. The van der Waals surface area contributed by atoms with Gasteiger partial charge in [0, 0.05) is 30.6 Å². The molecule has 5 heteroatoms. The first-order chi connectivity index (χ1) is 11.8. The van der Waals surface area contributed by atoms with Gasteiger partial charge in [-0.25, -0.2) is 0 Å². The normalized spacial score (nSPS) is 46.0. The predicted molar refractivity (Wildman–Crippen MR) is 91.8 cm³/mol. The fourth-order valence-corrected chi connectivity index (χ4v) is 5.85. The van der Waals surface area contributed by atoms with Crippen LogP contribution in [0.3, 0.4) is 0 Å². The molecule has 2 aliphatic heterocycles. The zero-order chi connectivity index (χ0) is 17.7. The van der Waals surface area contributed by atoms with Crippen molar-refractivity contribution in [1.82, 2.24) is 0 Å². The second-order valence-corrected chi connectivity index (χ2v) is 8.98. The first-order valence-electron chi connectivity index (χ1n) is 10.1. The molecule has 4 aliphatic rings. The van der Waals surface area contributed by atoms with E-state index < -0.39 is 11.6 Å². The van der Waals surface area contributed by atoms with E-state index >= 15 is 0 Å². The summed E-state index contributed by atoms with van der Waals surface area (Å²) in [5.41, 5.74) is -0.223. The minimum absolute atomic E-state index is 0.104. The van der Waals surface area contributed by atoms with Gasteiger partial charge in [-0.15, -0.1) is 0 Å². The topological polar surface area (TPSA) is 65.0 Å². The molecule has 2 saturated heterocycles. The molecule has 0 aromatic heterocycles. The summed E-state index contributed by atoms with van der Waals surface area (Å²) in [5, 5.41) is 11.2. The Labute approximate surface area is 150 Å². The molecule has 142 valence electrons. The molecule has 2 heterocycles. The van der Waals surface area contributed by atoms with E-state index in [2.05, 4.69) is 6.92 Å². The third kappa shape index (κ3) is 3.07. The number of Topliss-reactive ketones (excluding diaryl/α,β-unsaturated/α-hetero) is 1. The Kier molecular flexibility index (Phi) is 4.51. The van der Waals surface area contributed by atoms with Gasteiger partial charge in [0.05, 0.1) is 19.3 Å². The minimum Gasteiger partial charge on any atom is -0.365 e. The Bertz CT molecular complexity index is 528. The fraction of sp³-hybridized carbons (Fsp3) is 0.950. The first-order valence-corrected chi connectivity index (χ1v) is 10.1. The Morgan fingerprint density at radius 1 is 1.08 bits per heavy atom. The van der Waals surface area contributed by atoms with Crippen LogP contribution in [0.5, 0.6) is 0 Å². The zero-order valence-electron chi connectivity index (χ0n) is 15.6. The van der Waals surface area contributed by atoms with Crippen LogP contribution in [0, 0.1) is 17.3 Å². The highest BCUT2D eigenvalue weighted by Gasteiger charge is 2.60. The van der Waals surface area contributed by atoms with Crippen LogP contribution in [-0.4, -0.2) is 41.8 Å². The number of fused-ring (bicyclic) bond motifs is 3. The van der Waals surface area contributed by atoms with Gasteiger partial charge in [0.1, 0.15) is 5.78 Å². The standard InChI is InChI=1S/C20H32O5/c1-18-10-11-20(22)16(15(18)7-8-17(18)21)6-5-14(25-20)4-3-9-19(2)23-12-13-24-19/h14-16,22H,3-13H2,1-2H3/t14?,15?,16?,18-,20?/m0/s1. The van der Waals surface area contributed by atoms with Gasteiger partial charge in [0.2, 0.25) is 0 Å². The first kappa shape index (κ1) is 17.9. The Balaban J connectivity index is 1.34. The van der Waals surface area contributed by atoms with Gasteiger partial charge >= 0.3 is 0 Å². The lowest BCUT2D eigenvalue weighted by molar-refractivity contribution is -0.315. The van der Waals surface area contributed by atoms with E-state index in [4.69, 9.17) is 14.2 Å². The molecular weight excluding hydrogens is 320 g/mol. The number of hydrogen-bond donors (Lipinski definition) is 1. The second kappa shape index (κ2) is 6.29. The average molecular weight is 352 g/mol. The molecule has 1 N–H and O–H groups in total. The maximum Gasteiger partial charge on any atom is 0.168 e. The SMILES string of the molecule is CC1(CCCC2CCC3C4CCC(=O)[C@@]4(C)CCC3(O)O2)OCCO1. The molecule has 0 amide bonds. The molecule has 0 bridgehead atoms. The third-order valence-corrected chi connectivity index (χ3v) is 7.43. The van der Waals surface area contributed by atoms with E-state index in [9.17, 15) is 9.90 Å². The van der Waals surface area contributed by atoms with Crippen LogP contribution in [-0.2, 0) is 19.0 Å². The Morgan fingerprint density at radius 3 is 2.60 bits per heavy atom. The van der Waals surface area contributed by atoms with E-state index in [1.54, 1.807) is 0 Å². The summed E-state index contributed by atoms with van der Waals surface area (Å²) in [4.78, 5) is 12.3. The van der Waals surface area contributed by atoms with Gasteiger partial charge in [-0.05, 0) is 51.4 Å². The van der Waals surface area contributed by atoms with Crippen molar-refractivity contribution in [2.75, 3.05) is 13.2 Å². The molecule has 0 aromatic rings. The van der Waals surface area contributed by atoms with Crippen molar-refractivity contribution in [3.63, 3.8) is 0 Å². The van der Waals surface area contributed by atoms with Crippen molar-refractivity contribution >= 4 is 5.78 Å². The van der Waals surface area contributed by atoms with Crippen molar-refractivity contribution in [2.24, 2.45) is 17.3 Å². The number of aliphatic hydroxyl groups is 1. The highest BCUT2D eigenvalue weighted by molar-refractivity contribution is 5.87. The summed E-state index contributed by atoms with van der Waals surface area (Å²) in [5.74, 6) is -0.661. The summed E-state index contributed by atoms with van der Waals surface area (Å²) in [7, 11) is 0. The van der Waals surface area contributed by atoms with E-state index in [-0.39, 0.29) is 17.4 Å². The van der Waals surface area contributed by atoms with Crippen molar-refractivity contribution in [2.45, 2.75) is 89.3 Å². The van der Waals surface area contributed by atoms with E-state index in [1.165, 1.54) is 0 Å². The van der Waals surface area contributed by atoms with E-state index in [1.807, 2.05) is 6.92 Å². The summed E-state index contributed by atoms with van der Waals surface area (Å²) in [6.07, 6.45) is 7.77. The fourth-order valence-electron chi connectivity index (χ4n) is 5.85. The number of carbonyl (C=O) groups is 1. The highest BCUT2D eigenvalue weighted by Crippen LogP contribution is 2.58. The van der Waals surface area contributed by atoms with Gasteiger partial charge in [-0.3, -0.25) is 4.79 Å². The van der Waals surface area contributed by atoms with Crippen LogP contribution in [0.25, 0.3) is 0 Å². The van der Waals surface area contributed by atoms with Gasteiger partial charge in [-0.2, -0.15) is 0 Å². The van der Waals surface area contributed by atoms with Crippen LogP contribution in [0.4, 0.5) is 0 Å². The van der Waals surface area contributed by atoms with Crippen LogP contribution >= 0.6 is 0 Å². The smallest absolute Gasteiger partial charge is 0.168 e. The molecule has 2 saturated carbocycles. The average Bonchev–Trinajstić information content (AvgIpc) is 3.12. The number of ketones is 1. The summed E-state index contributed by atoms with van der Waals surface area (Å²) in [6.45, 7) is 5.47. The molecule has 4 rings (SSSR count). The predicted octanol–water partition coefficient (Wildman–Crippen LogP) is 3.18. The lowest BCUT2D eigenvalue weighted by Crippen LogP contribution is -2.57.